The maximum Gasteiger partial charge on any atom is 0.267 e. The summed E-state index contributed by atoms with van der Waals surface area (Å²) in [4.78, 5) is 22.7. The number of hydrogen-bond acceptors (Lipinski definition) is 5. The Balaban J connectivity index is 3.63. The van der Waals surface area contributed by atoms with Crippen LogP contribution in [0, 0.1) is 0 Å². The highest BCUT2D eigenvalue weighted by Gasteiger charge is 2.10. The van der Waals surface area contributed by atoms with E-state index < -0.39 is 7.82 Å². The summed E-state index contributed by atoms with van der Waals surface area (Å²) in [5, 5.41) is 2.67. The van der Waals surface area contributed by atoms with Gasteiger partial charge in [0.05, 0.1) is 40.9 Å². The maximum atomic E-state index is 11.5. The number of amides is 1. The topological polar surface area (TPSA) is 87.7 Å². The van der Waals surface area contributed by atoms with Crippen molar-refractivity contribution in [2.75, 3.05) is 47.4 Å². The first-order chi connectivity index (χ1) is 10.5. The van der Waals surface area contributed by atoms with Gasteiger partial charge in [0.15, 0.2) is 0 Å². The van der Waals surface area contributed by atoms with Crippen molar-refractivity contribution in [3.05, 3.63) is 12.2 Å². The zero-order valence-electron chi connectivity index (χ0n) is 14.8. The van der Waals surface area contributed by atoms with Crippen LogP contribution >= 0.6 is 7.82 Å². The van der Waals surface area contributed by atoms with E-state index in [-0.39, 0.29) is 19.1 Å². The first kappa shape index (κ1) is 22.3. The van der Waals surface area contributed by atoms with Gasteiger partial charge in [0.2, 0.25) is 5.91 Å². The molecule has 0 aromatic heterocycles. The molecule has 0 aromatic rings. The molecule has 0 radical (unpaired) electrons. The van der Waals surface area contributed by atoms with Crippen LogP contribution in [0.5, 0.6) is 0 Å². The first-order valence-corrected chi connectivity index (χ1v) is 9.34. The lowest BCUT2D eigenvalue weighted by atomic mass is 10.3. The lowest BCUT2D eigenvalue weighted by Crippen LogP contribution is -2.35. The van der Waals surface area contributed by atoms with Crippen molar-refractivity contribution in [3.8, 4) is 0 Å². The molecule has 0 saturated heterocycles. The standard InChI is InChI=1S/C15H31N2O5P/c1-14(2)15(18)16-10-6-8-12-21-23(19,20)22-13-9-7-11-17(3,4)5/h1,6-13H2,2-5H3,(H-,16,18,19,20). The first-order valence-electron chi connectivity index (χ1n) is 7.88. The smallest absolute Gasteiger partial charge is 0.267 e. The van der Waals surface area contributed by atoms with Gasteiger partial charge in [-0.3, -0.25) is 9.36 Å². The number of unbranched alkanes of at least 4 members (excludes halogenated alkanes) is 2. The number of carbonyl (C=O) groups excluding carboxylic acids is 1. The molecule has 1 amide bonds. The molecule has 0 bridgehead atoms. The number of nitrogens with zero attached hydrogens (tertiary/aromatic N) is 1. The van der Waals surface area contributed by atoms with E-state index in [1.54, 1.807) is 6.92 Å². The van der Waals surface area contributed by atoms with E-state index in [9.17, 15) is 14.3 Å². The van der Waals surface area contributed by atoms with Crippen molar-refractivity contribution in [3.63, 3.8) is 0 Å². The Bertz CT molecular complexity index is 421. The zero-order valence-corrected chi connectivity index (χ0v) is 15.7. The molecular weight excluding hydrogens is 319 g/mol. The molecule has 0 aliphatic carbocycles. The lowest BCUT2D eigenvalue weighted by molar-refractivity contribution is -0.870. The van der Waals surface area contributed by atoms with Gasteiger partial charge >= 0.3 is 0 Å². The van der Waals surface area contributed by atoms with Crippen molar-refractivity contribution in [1.29, 1.82) is 0 Å². The van der Waals surface area contributed by atoms with E-state index in [0.717, 1.165) is 17.4 Å². The second kappa shape index (κ2) is 10.9. The number of nitrogens with one attached hydrogen (secondary N) is 1. The summed E-state index contributed by atoms with van der Waals surface area (Å²) >= 11 is 0. The van der Waals surface area contributed by atoms with Crippen LogP contribution in [0.15, 0.2) is 12.2 Å². The molecule has 0 saturated carbocycles. The summed E-state index contributed by atoms with van der Waals surface area (Å²) in [6.07, 6.45) is 2.72. The normalized spacial score (nSPS) is 14.3. The molecule has 0 aliphatic rings. The van der Waals surface area contributed by atoms with Gasteiger partial charge in [-0.2, -0.15) is 0 Å². The fourth-order valence-corrected chi connectivity index (χ4v) is 2.44. The van der Waals surface area contributed by atoms with Gasteiger partial charge in [-0.05, 0) is 32.6 Å². The van der Waals surface area contributed by atoms with Gasteiger partial charge in [0.1, 0.15) is 0 Å². The molecule has 8 heteroatoms. The van der Waals surface area contributed by atoms with Crippen LogP contribution in [-0.4, -0.2) is 57.8 Å². The van der Waals surface area contributed by atoms with Crippen LogP contribution in [0.1, 0.15) is 32.6 Å². The number of rotatable bonds is 13. The van der Waals surface area contributed by atoms with E-state index in [0.29, 0.717) is 31.4 Å². The lowest BCUT2D eigenvalue weighted by Gasteiger charge is -2.25. The van der Waals surface area contributed by atoms with E-state index in [2.05, 4.69) is 33.0 Å². The second-order valence-electron chi connectivity index (χ2n) is 6.58. The molecule has 0 aromatic carbocycles. The molecule has 7 nitrogen and oxygen atoms in total. The van der Waals surface area contributed by atoms with Crippen LogP contribution in [0.4, 0.5) is 0 Å². The Hall–Kier alpha value is -0.720. The van der Waals surface area contributed by atoms with Gasteiger partial charge in [0.25, 0.3) is 7.82 Å². The summed E-state index contributed by atoms with van der Waals surface area (Å²) in [6.45, 7) is 6.78. The third-order valence-corrected chi connectivity index (χ3v) is 3.96. The highest BCUT2D eigenvalue weighted by atomic mass is 31.2. The van der Waals surface area contributed by atoms with Crippen molar-refractivity contribution in [2.24, 2.45) is 0 Å². The number of phosphoric ester groups is 1. The number of phosphoric acid groups is 1. The molecule has 0 aliphatic heterocycles. The Kier molecular flexibility index (Phi) is 10.6. The molecular formula is C15H31N2O5P. The summed E-state index contributed by atoms with van der Waals surface area (Å²) in [7, 11) is 2.04. The highest BCUT2D eigenvalue weighted by molar-refractivity contribution is 7.45. The fraction of sp³-hybridized carbons (Fsp3) is 0.800. The van der Waals surface area contributed by atoms with Crippen molar-refractivity contribution in [2.45, 2.75) is 32.6 Å². The van der Waals surface area contributed by atoms with Crippen LogP contribution in [0.2, 0.25) is 0 Å². The largest absolute Gasteiger partial charge is 0.756 e. The van der Waals surface area contributed by atoms with Crippen molar-refractivity contribution < 1.29 is 27.8 Å². The van der Waals surface area contributed by atoms with Crippen LogP contribution in [-0.2, 0) is 18.4 Å². The van der Waals surface area contributed by atoms with E-state index in [1.165, 1.54) is 0 Å². The molecule has 136 valence electrons. The van der Waals surface area contributed by atoms with Gasteiger partial charge in [-0.1, -0.05) is 6.58 Å². The minimum Gasteiger partial charge on any atom is -0.756 e. The van der Waals surface area contributed by atoms with Crippen molar-refractivity contribution >= 4 is 13.7 Å². The zero-order chi connectivity index (χ0) is 17.9. The molecule has 0 heterocycles. The number of hydrogen-bond donors (Lipinski definition) is 1. The highest BCUT2D eigenvalue weighted by Crippen LogP contribution is 2.38. The van der Waals surface area contributed by atoms with E-state index >= 15 is 0 Å². The molecule has 0 spiro atoms. The molecule has 1 unspecified atom stereocenters. The average Bonchev–Trinajstić information content (AvgIpc) is 2.40. The summed E-state index contributed by atoms with van der Waals surface area (Å²) in [5.41, 5.74) is 0.448. The summed E-state index contributed by atoms with van der Waals surface area (Å²) < 4.78 is 21.9. The SMILES string of the molecule is C=C(C)C(=O)NCCCCOP(=O)([O-])OCCCC[N+](C)(C)C. The quantitative estimate of drug-likeness (QED) is 0.235. The minimum atomic E-state index is -4.21. The van der Waals surface area contributed by atoms with Crippen molar-refractivity contribution in [1.82, 2.24) is 5.32 Å². The molecule has 0 rings (SSSR count). The van der Waals surface area contributed by atoms with Gasteiger partial charge in [-0.25, -0.2) is 0 Å². The summed E-state index contributed by atoms with van der Waals surface area (Å²) in [5.74, 6) is -0.197. The second-order valence-corrected chi connectivity index (χ2v) is 7.99. The van der Waals surface area contributed by atoms with Gasteiger partial charge in [-0.15, -0.1) is 0 Å². The van der Waals surface area contributed by atoms with E-state index in [4.69, 9.17) is 9.05 Å². The van der Waals surface area contributed by atoms with Crippen LogP contribution < -0.4 is 10.2 Å². The Morgan fingerprint density at radius 3 is 2.13 bits per heavy atom. The Morgan fingerprint density at radius 2 is 1.65 bits per heavy atom. The number of carbonyl (C=O) groups is 1. The molecule has 1 atom stereocenters. The Labute approximate surface area is 139 Å². The Morgan fingerprint density at radius 1 is 1.13 bits per heavy atom. The molecule has 0 fully saturated rings. The third kappa shape index (κ3) is 14.6. The van der Waals surface area contributed by atoms with Gasteiger partial charge in [0, 0.05) is 12.1 Å². The third-order valence-electron chi connectivity index (χ3n) is 2.97. The van der Waals surface area contributed by atoms with Crippen LogP contribution in [0.25, 0.3) is 0 Å². The summed E-state index contributed by atoms with van der Waals surface area (Å²) in [6, 6.07) is 0. The maximum absolute atomic E-state index is 11.5. The predicted molar refractivity (Wildman–Crippen MR) is 88.7 cm³/mol. The fourth-order valence-electron chi connectivity index (χ4n) is 1.66. The molecule has 1 N–H and O–H groups in total. The van der Waals surface area contributed by atoms with Crippen LogP contribution in [0.3, 0.4) is 0 Å². The van der Waals surface area contributed by atoms with Gasteiger partial charge < -0.3 is 23.7 Å². The predicted octanol–water partition coefficient (Wildman–Crippen LogP) is 1.45. The average molecular weight is 350 g/mol. The van der Waals surface area contributed by atoms with E-state index in [1.807, 2.05) is 0 Å². The minimum absolute atomic E-state index is 0.0581. The number of quaternary nitrogens is 1. The monoisotopic (exact) mass is 350 g/mol. The molecule has 23 heavy (non-hydrogen) atoms.